The monoisotopic (exact) mass is 320 g/mol. The molecule has 2 rings (SSSR count). The molecule has 0 atom stereocenters. The number of likely N-dealkylation sites (tertiary alicyclic amines) is 1. The molecule has 6 nitrogen and oxygen atoms in total. The van der Waals surface area contributed by atoms with Crippen LogP contribution in [0.4, 0.5) is 10.5 Å². The van der Waals surface area contributed by atoms with Crippen molar-refractivity contribution in [1.82, 2.24) is 4.90 Å². The van der Waals surface area contributed by atoms with E-state index < -0.39 is 5.97 Å². The van der Waals surface area contributed by atoms with E-state index in [1.165, 1.54) is 0 Å². The molecule has 1 fully saturated rings. The van der Waals surface area contributed by atoms with Crippen LogP contribution in [0.3, 0.4) is 0 Å². The largest absolute Gasteiger partial charge is 0.486 e. The van der Waals surface area contributed by atoms with Gasteiger partial charge in [0.1, 0.15) is 11.4 Å². The van der Waals surface area contributed by atoms with Crippen molar-refractivity contribution in [2.24, 2.45) is 5.92 Å². The van der Waals surface area contributed by atoms with Gasteiger partial charge >= 0.3 is 12.0 Å². The number of aliphatic carboxylic acids is 1. The Bertz CT molecular complexity index is 572. The Hall–Kier alpha value is -2.24. The Balaban J connectivity index is 2.00. The molecule has 126 valence electrons. The minimum absolute atomic E-state index is 0.223. The number of carboxylic acids is 1. The van der Waals surface area contributed by atoms with Gasteiger partial charge in [0.15, 0.2) is 0 Å². The van der Waals surface area contributed by atoms with Crippen molar-refractivity contribution in [3.05, 3.63) is 24.3 Å². The average Bonchev–Trinajstić information content (AvgIpc) is 2.48. The summed E-state index contributed by atoms with van der Waals surface area (Å²) in [4.78, 5) is 25.0. The molecule has 0 unspecified atom stereocenters. The average molecular weight is 320 g/mol. The lowest BCUT2D eigenvalue weighted by Crippen LogP contribution is -2.42. The number of urea groups is 1. The lowest BCUT2D eigenvalue weighted by Gasteiger charge is -2.30. The first-order chi connectivity index (χ1) is 10.8. The number of benzene rings is 1. The number of carboxylic acid groups (broad SMARTS) is 1. The molecule has 1 saturated heterocycles. The van der Waals surface area contributed by atoms with E-state index in [1.807, 2.05) is 39.0 Å². The summed E-state index contributed by atoms with van der Waals surface area (Å²) in [5, 5.41) is 11.9. The van der Waals surface area contributed by atoms with E-state index in [1.54, 1.807) is 11.0 Å². The number of anilines is 1. The van der Waals surface area contributed by atoms with Crippen molar-refractivity contribution in [3.63, 3.8) is 0 Å². The van der Waals surface area contributed by atoms with Crippen LogP contribution in [0.2, 0.25) is 0 Å². The summed E-state index contributed by atoms with van der Waals surface area (Å²) >= 11 is 0. The highest BCUT2D eigenvalue weighted by Gasteiger charge is 2.27. The second kappa shape index (κ2) is 6.89. The van der Waals surface area contributed by atoms with Crippen molar-refractivity contribution in [1.29, 1.82) is 0 Å². The lowest BCUT2D eigenvalue weighted by atomic mass is 9.97. The lowest BCUT2D eigenvalue weighted by molar-refractivity contribution is -0.143. The number of nitrogens with zero attached hydrogens (tertiary/aromatic N) is 1. The number of rotatable bonds is 3. The molecule has 0 aromatic heterocycles. The standard InChI is InChI=1S/C17H24N2O4/c1-17(2,3)23-14-7-5-4-6-13(14)18-16(22)19-10-8-12(9-11-19)15(20)21/h4-7,12H,8-11H2,1-3H3,(H,18,22)(H,20,21). The van der Waals surface area contributed by atoms with Crippen molar-refractivity contribution >= 4 is 17.7 Å². The molecule has 1 aliphatic rings. The van der Waals surface area contributed by atoms with Crippen LogP contribution in [0, 0.1) is 5.92 Å². The first-order valence-electron chi connectivity index (χ1n) is 7.83. The molecular formula is C17H24N2O4. The molecule has 1 aromatic rings. The van der Waals surface area contributed by atoms with Gasteiger partial charge in [0.25, 0.3) is 0 Å². The molecule has 0 aliphatic carbocycles. The maximum absolute atomic E-state index is 12.4. The maximum Gasteiger partial charge on any atom is 0.321 e. The zero-order chi connectivity index (χ0) is 17.0. The topological polar surface area (TPSA) is 78.9 Å². The predicted molar refractivity (Wildman–Crippen MR) is 87.8 cm³/mol. The van der Waals surface area contributed by atoms with Crippen LogP contribution >= 0.6 is 0 Å². The summed E-state index contributed by atoms with van der Waals surface area (Å²) in [7, 11) is 0. The first-order valence-corrected chi connectivity index (χ1v) is 7.83. The van der Waals surface area contributed by atoms with Gasteiger partial charge in [-0.25, -0.2) is 4.79 Å². The van der Waals surface area contributed by atoms with E-state index in [0.717, 1.165) is 0 Å². The van der Waals surface area contributed by atoms with E-state index in [-0.39, 0.29) is 17.6 Å². The Morgan fingerprint density at radius 3 is 2.39 bits per heavy atom. The number of carbonyl (C=O) groups excluding carboxylic acids is 1. The van der Waals surface area contributed by atoms with Gasteiger partial charge in [-0.1, -0.05) is 12.1 Å². The van der Waals surface area contributed by atoms with Crippen LogP contribution in [0.15, 0.2) is 24.3 Å². The summed E-state index contributed by atoms with van der Waals surface area (Å²) in [6.45, 7) is 6.74. The van der Waals surface area contributed by atoms with Gasteiger partial charge < -0.3 is 20.1 Å². The van der Waals surface area contributed by atoms with Crippen molar-refractivity contribution in [3.8, 4) is 5.75 Å². The van der Waals surface area contributed by atoms with Gasteiger partial charge in [0.05, 0.1) is 11.6 Å². The van der Waals surface area contributed by atoms with Gasteiger partial charge in [0, 0.05) is 13.1 Å². The highest BCUT2D eigenvalue weighted by molar-refractivity contribution is 5.91. The normalized spacial score (nSPS) is 16.0. The van der Waals surface area contributed by atoms with Crippen molar-refractivity contribution in [2.75, 3.05) is 18.4 Å². The summed E-state index contributed by atoms with van der Waals surface area (Å²) in [5.41, 5.74) is 0.258. The van der Waals surface area contributed by atoms with E-state index in [0.29, 0.717) is 37.4 Å². The molecular weight excluding hydrogens is 296 g/mol. The minimum Gasteiger partial charge on any atom is -0.486 e. The SMILES string of the molecule is CC(C)(C)Oc1ccccc1NC(=O)N1CCC(C(=O)O)CC1. The maximum atomic E-state index is 12.4. The molecule has 2 amide bonds. The van der Waals surface area contributed by atoms with Crippen LogP contribution in [0.1, 0.15) is 33.6 Å². The number of carbonyl (C=O) groups is 2. The number of piperidine rings is 1. The molecule has 6 heteroatoms. The second-order valence-electron chi connectivity index (χ2n) is 6.74. The minimum atomic E-state index is -0.783. The fourth-order valence-electron chi connectivity index (χ4n) is 2.51. The summed E-state index contributed by atoms with van der Waals surface area (Å²) in [6.07, 6.45) is 0.978. The Labute approximate surface area is 136 Å². The zero-order valence-corrected chi connectivity index (χ0v) is 13.8. The predicted octanol–water partition coefficient (Wildman–Crippen LogP) is 3.19. The number of hydrogen-bond donors (Lipinski definition) is 2. The number of amides is 2. The molecule has 0 spiro atoms. The highest BCUT2D eigenvalue weighted by atomic mass is 16.5. The first kappa shape index (κ1) is 17.1. The van der Waals surface area contributed by atoms with E-state index in [2.05, 4.69) is 5.32 Å². The second-order valence-corrected chi connectivity index (χ2v) is 6.74. The zero-order valence-electron chi connectivity index (χ0n) is 13.8. The van der Waals surface area contributed by atoms with Crippen LogP contribution in [0.25, 0.3) is 0 Å². The summed E-state index contributed by atoms with van der Waals surface area (Å²) < 4.78 is 5.86. The number of nitrogens with one attached hydrogen (secondary N) is 1. The van der Waals surface area contributed by atoms with Gasteiger partial charge in [0.2, 0.25) is 0 Å². The van der Waals surface area contributed by atoms with E-state index >= 15 is 0 Å². The number of para-hydroxylation sites is 2. The van der Waals surface area contributed by atoms with Gasteiger partial charge in [-0.3, -0.25) is 4.79 Å². The van der Waals surface area contributed by atoms with Crippen LogP contribution in [-0.2, 0) is 4.79 Å². The van der Waals surface area contributed by atoms with Crippen LogP contribution in [-0.4, -0.2) is 40.7 Å². The quantitative estimate of drug-likeness (QED) is 0.896. The fraction of sp³-hybridized carbons (Fsp3) is 0.529. The highest BCUT2D eigenvalue weighted by Crippen LogP contribution is 2.28. The third-order valence-corrected chi connectivity index (χ3v) is 3.68. The Kier molecular flexibility index (Phi) is 5.13. The molecule has 0 saturated carbocycles. The molecule has 1 aliphatic heterocycles. The summed E-state index contributed by atoms with van der Waals surface area (Å²) in [6, 6.07) is 7.08. The molecule has 23 heavy (non-hydrogen) atoms. The number of hydrogen-bond acceptors (Lipinski definition) is 3. The van der Waals surface area contributed by atoms with Crippen LogP contribution in [0.5, 0.6) is 5.75 Å². The van der Waals surface area contributed by atoms with Gasteiger partial charge in [-0.2, -0.15) is 0 Å². The molecule has 0 radical (unpaired) electrons. The van der Waals surface area contributed by atoms with Crippen molar-refractivity contribution < 1.29 is 19.4 Å². The Morgan fingerprint density at radius 2 is 1.83 bits per heavy atom. The van der Waals surface area contributed by atoms with Crippen LogP contribution < -0.4 is 10.1 Å². The fourth-order valence-corrected chi connectivity index (χ4v) is 2.51. The smallest absolute Gasteiger partial charge is 0.321 e. The molecule has 1 aromatic carbocycles. The third-order valence-electron chi connectivity index (χ3n) is 3.68. The van der Waals surface area contributed by atoms with E-state index in [9.17, 15) is 9.59 Å². The van der Waals surface area contributed by atoms with Crippen molar-refractivity contribution in [2.45, 2.75) is 39.2 Å². The van der Waals surface area contributed by atoms with E-state index in [4.69, 9.17) is 9.84 Å². The van der Waals surface area contributed by atoms with Gasteiger partial charge in [-0.15, -0.1) is 0 Å². The summed E-state index contributed by atoms with van der Waals surface area (Å²) in [5.74, 6) is -0.515. The Morgan fingerprint density at radius 1 is 1.22 bits per heavy atom. The van der Waals surface area contributed by atoms with Gasteiger partial charge in [-0.05, 0) is 45.7 Å². The third kappa shape index (κ3) is 4.87. The number of ether oxygens (including phenoxy) is 1. The molecule has 2 N–H and O–H groups in total. The molecule has 1 heterocycles. The molecule has 0 bridgehead atoms.